The summed E-state index contributed by atoms with van der Waals surface area (Å²) in [6.07, 6.45) is 6.59. The van der Waals surface area contributed by atoms with Gasteiger partial charge in [-0.15, -0.1) is 0 Å². The number of hydrogen-bond acceptors (Lipinski definition) is 2. The fraction of sp³-hybridized carbons (Fsp3) is 0.667. The lowest BCUT2D eigenvalue weighted by molar-refractivity contribution is 0.268. The molecule has 1 aromatic rings. The van der Waals surface area contributed by atoms with Gasteiger partial charge in [-0.3, -0.25) is 0 Å². The Kier molecular flexibility index (Phi) is 6.06. The first-order valence-electron chi connectivity index (χ1n) is 8.22. The maximum atomic E-state index is 6.39. The molecule has 0 spiro atoms. The average Bonchev–Trinajstić information content (AvgIpc) is 2.67. The van der Waals surface area contributed by atoms with Crippen molar-refractivity contribution >= 4 is 0 Å². The number of likely N-dealkylation sites (tertiary alicyclic amines) is 1. The van der Waals surface area contributed by atoms with Crippen LogP contribution < -0.4 is 5.73 Å². The average molecular weight is 274 g/mol. The lowest BCUT2D eigenvalue weighted by atomic mass is 9.99. The number of hydrogen-bond donors (Lipinski definition) is 1. The van der Waals surface area contributed by atoms with E-state index in [9.17, 15) is 0 Å². The van der Waals surface area contributed by atoms with Crippen LogP contribution in [-0.4, -0.2) is 24.5 Å². The van der Waals surface area contributed by atoms with E-state index in [4.69, 9.17) is 5.73 Å². The van der Waals surface area contributed by atoms with E-state index in [0.29, 0.717) is 5.92 Å². The Morgan fingerprint density at radius 2 is 1.60 bits per heavy atom. The van der Waals surface area contributed by atoms with E-state index in [1.165, 1.54) is 49.9 Å². The Bertz CT molecular complexity index is 375. The SMILES string of the molecule is CC(C)Cc1ccc(C(N)CN2CCCCCC2)cc1. The van der Waals surface area contributed by atoms with Crippen LogP contribution in [0.1, 0.15) is 56.7 Å². The van der Waals surface area contributed by atoms with E-state index >= 15 is 0 Å². The largest absolute Gasteiger partial charge is 0.323 e. The predicted octanol–water partition coefficient (Wildman–Crippen LogP) is 3.76. The first-order chi connectivity index (χ1) is 9.65. The molecule has 1 saturated heterocycles. The highest BCUT2D eigenvalue weighted by Crippen LogP contribution is 2.17. The molecular weight excluding hydrogens is 244 g/mol. The third kappa shape index (κ3) is 4.92. The van der Waals surface area contributed by atoms with E-state index in [-0.39, 0.29) is 6.04 Å². The van der Waals surface area contributed by atoms with Gasteiger partial charge in [-0.25, -0.2) is 0 Å². The smallest absolute Gasteiger partial charge is 0.0424 e. The molecule has 20 heavy (non-hydrogen) atoms. The molecule has 2 nitrogen and oxygen atoms in total. The van der Waals surface area contributed by atoms with Crippen molar-refractivity contribution < 1.29 is 0 Å². The number of nitrogens with two attached hydrogens (primary N) is 1. The molecule has 1 aliphatic heterocycles. The van der Waals surface area contributed by atoms with Crippen molar-refractivity contribution in [2.75, 3.05) is 19.6 Å². The quantitative estimate of drug-likeness (QED) is 0.886. The molecule has 0 amide bonds. The molecule has 0 aromatic heterocycles. The predicted molar refractivity (Wildman–Crippen MR) is 86.8 cm³/mol. The first-order valence-corrected chi connectivity index (χ1v) is 8.22. The van der Waals surface area contributed by atoms with Gasteiger partial charge < -0.3 is 10.6 Å². The summed E-state index contributed by atoms with van der Waals surface area (Å²) in [5.41, 5.74) is 9.09. The molecule has 2 rings (SSSR count). The molecule has 1 heterocycles. The van der Waals surface area contributed by atoms with Crippen LogP contribution in [0.25, 0.3) is 0 Å². The van der Waals surface area contributed by atoms with E-state index in [1.807, 2.05) is 0 Å². The summed E-state index contributed by atoms with van der Waals surface area (Å²) in [5.74, 6) is 0.714. The second kappa shape index (κ2) is 7.80. The fourth-order valence-corrected chi connectivity index (χ4v) is 3.07. The minimum atomic E-state index is 0.154. The molecule has 2 heteroatoms. The maximum absolute atomic E-state index is 6.39. The van der Waals surface area contributed by atoms with E-state index in [2.05, 4.69) is 43.0 Å². The highest BCUT2D eigenvalue weighted by molar-refractivity contribution is 5.25. The van der Waals surface area contributed by atoms with Gasteiger partial charge in [0.15, 0.2) is 0 Å². The zero-order valence-corrected chi connectivity index (χ0v) is 13.1. The molecule has 0 aliphatic carbocycles. The Hall–Kier alpha value is -0.860. The van der Waals surface area contributed by atoms with Gasteiger partial charge in [0.05, 0.1) is 0 Å². The summed E-state index contributed by atoms with van der Waals surface area (Å²) in [6, 6.07) is 9.09. The third-order valence-electron chi connectivity index (χ3n) is 4.21. The molecule has 1 unspecified atom stereocenters. The van der Waals surface area contributed by atoms with Crippen molar-refractivity contribution in [3.63, 3.8) is 0 Å². The first kappa shape index (κ1) is 15.5. The molecule has 1 fully saturated rings. The van der Waals surface area contributed by atoms with E-state index < -0.39 is 0 Å². The second-order valence-electron chi connectivity index (χ2n) is 6.66. The number of nitrogens with zero attached hydrogens (tertiary/aromatic N) is 1. The molecule has 1 atom stereocenters. The van der Waals surface area contributed by atoms with Crippen molar-refractivity contribution in [2.24, 2.45) is 11.7 Å². The minimum Gasteiger partial charge on any atom is -0.323 e. The Morgan fingerprint density at radius 1 is 1.00 bits per heavy atom. The molecule has 0 radical (unpaired) electrons. The van der Waals surface area contributed by atoms with Crippen LogP contribution in [0.2, 0.25) is 0 Å². The summed E-state index contributed by atoms with van der Waals surface area (Å²) < 4.78 is 0. The van der Waals surface area contributed by atoms with Gasteiger partial charge in [0.25, 0.3) is 0 Å². The lowest BCUT2D eigenvalue weighted by Gasteiger charge is -2.24. The van der Waals surface area contributed by atoms with Gasteiger partial charge in [0.2, 0.25) is 0 Å². The minimum absolute atomic E-state index is 0.154. The van der Waals surface area contributed by atoms with Crippen LogP contribution in [0, 0.1) is 5.92 Å². The van der Waals surface area contributed by atoms with Crippen molar-refractivity contribution in [1.29, 1.82) is 0 Å². The zero-order valence-electron chi connectivity index (χ0n) is 13.1. The highest BCUT2D eigenvalue weighted by Gasteiger charge is 2.14. The second-order valence-corrected chi connectivity index (χ2v) is 6.66. The van der Waals surface area contributed by atoms with Gasteiger partial charge >= 0.3 is 0 Å². The molecule has 1 aliphatic rings. The van der Waals surface area contributed by atoms with E-state index in [1.54, 1.807) is 0 Å². The molecule has 112 valence electrons. The highest BCUT2D eigenvalue weighted by atomic mass is 15.1. The Balaban J connectivity index is 1.89. The standard InChI is InChI=1S/C18H30N2/c1-15(2)13-16-7-9-17(10-8-16)18(19)14-20-11-5-3-4-6-12-20/h7-10,15,18H,3-6,11-14,19H2,1-2H3. The molecular formula is C18H30N2. The molecule has 2 N–H and O–H groups in total. The Morgan fingerprint density at radius 3 is 2.15 bits per heavy atom. The van der Waals surface area contributed by atoms with Gasteiger partial charge in [-0.1, -0.05) is 51.0 Å². The summed E-state index contributed by atoms with van der Waals surface area (Å²) in [4.78, 5) is 2.54. The summed E-state index contributed by atoms with van der Waals surface area (Å²) in [5, 5.41) is 0. The third-order valence-corrected chi connectivity index (χ3v) is 4.21. The summed E-state index contributed by atoms with van der Waals surface area (Å²) >= 11 is 0. The topological polar surface area (TPSA) is 29.3 Å². The van der Waals surface area contributed by atoms with Crippen LogP contribution in [0.5, 0.6) is 0 Å². The van der Waals surface area contributed by atoms with Gasteiger partial charge in [-0.2, -0.15) is 0 Å². The van der Waals surface area contributed by atoms with Crippen LogP contribution in [0.15, 0.2) is 24.3 Å². The molecule has 0 bridgehead atoms. The number of rotatable bonds is 5. The summed E-state index contributed by atoms with van der Waals surface area (Å²) in [7, 11) is 0. The molecule has 1 aromatic carbocycles. The maximum Gasteiger partial charge on any atom is 0.0424 e. The van der Waals surface area contributed by atoms with Crippen molar-refractivity contribution in [1.82, 2.24) is 4.90 Å². The van der Waals surface area contributed by atoms with Crippen LogP contribution in [0.3, 0.4) is 0 Å². The summed E-state index contributed by atoms with van der Waals surface area (Å²) in [6.45, 7) is 7.97. The molecule has 0 saturated carbocycles. The zero-order chi connectivity index (χ0) is 14.4. The van der Waals surface area contributed by atoms with Crippen LogP contribution in [-0.2, 0) is 6.42 Å². The lowest BCUT2D eigenvalue weighted by Crippen LogP contribution is -2.32. The van der Waals surface area contributed by atoms with Gasteiger partial charge in [0.1, 0.15) is 0 Å². The monoisotopic (exact) mass is 274 g/mol. The van der Waals surface area contributed by atoms with Crippen molar-refractivity contribution in [3.8, 4) is 0 Å². The van der Waals surface area contributed by atoms with Crippen LogP contribution in [0.4, 0.5) is 0 Å². The normalized spacial score (nSPS) is 19.0. The van der Waals surface area contributed by atoms with Crippen molar-refractivity contribution in [2.45, 2.75) is 52.0 Å². The fourth-order valence-electron chi connectivity index (χ4n) is 3.07. The van der Waals surface area contributed by atoms with E-state index in [0.717, 1.165) is 13.0 Å². The van der Waals surface area contributed by atoms with Crippen molar-refractivity contribution in [3.05, 3.63) is 35.4 Å². The van der Waals surface area contributed by atoms with Gasteiger partial charge in [0, 0.05) is 12.6 Å². The van der Waals surface area contributed by atoms with Crippen LogP contribution >= 0.6 is 0 Å². The Labute approximate surface area is 124 Å². The number of benzene rings is 1. The van der Waals surface area contributed by atoms with Gasteiger partial charge in [-0.05, 0) is 49.4 Å².